The zero-order valence-electron chi connectivity index (χ0n) is 8.69. The summed E-state index contributed by atoms with van der Waals surface area (Å²) in [6.07, 6.45) is -5.71. The van der Waals surface area contributed by atoms with E-state index >= 15 is 0 Å². The van der Waals surface area contributed by atoms with Crippen molar-refractivity contribution in [1.29, 1.82) is 0 Å². The first kappa shape index (κ1) is 12.8. The summed E-state index contributed by atoms with van der Waals surface area (Å²) in [7, 11) is 0. The van der Waals surface area contributed by atoms with Crippen LogP contribution in [0.25, 0.3) is 11.0 Å². The molecule has 0 aliphatic carbocycles. The maximum atomic E-state index is 11.8. The molecule has 1 N–H and O–H groups in total. The number of amides is 1. The van der Waals surface area contributed by atoms with E-state index in [1.807, 2.05) is 0 Å². The third kappa shape index (κ3) is 3.21. The van der Waals surface area contributed by atoms with Gasteiger partial charge in [0.1, 0.15) is 0 Å². The van der Waals surface area contributed by atoms with Crippen LogP contribution >= 0.6 is 0 Å². The molecule has 0 aliphatic rings. The van der Waals surface area contributed by atoms with Gasteiger partial charge in [0.05, 0.1) is 0 Å². The average Bonchev–Trinajstić information content (AvgIpc) is 2.74. The van der Waals surface area contributed by atoms with Crippen LogP contribution in [0.3, 0.4) is 0 Å². The van der Waals surface area contributed by atoms with Crippen molar-refractivity contribution in [2.45, 2.75) is 6.18 Å². The fraction of sp³-hybridized carbons (Fsp3) is 0.222. The van der Waals surface area contributed by atoms with Gasteiger partial charge in [-0.1, -0.05) is 0 Å². The van der Waals surface area contributed by atoms with E-state index in [0.717, 1.165) is 0 Å². The van der Waals surface area contributed by atoms with Crippen LogP contribution in [0.4, 0.5) is 23.7 Å². The van der Waals surface area contributed by atoms with Crippen LogP contribution in [0.5, 0.6) is 0 Å². The normalized spacial score (nSPS) is 11.5. The number of aromatic nitrogens is 2. The molecular formula is C9H6F3N3O2Se. The molecule has 1 amide bonds. The molecule has 0 saturated carbocycles. The molecule has 9 heteroatoms. The number of anilines is 1. The fourth-order valence-electron chi connectivity index (χ4n) is 1.20. The monoisotopic (exact) mass is 325 g/mol. The number of ether oxygens (including phenoxy) is 1. The predicted molar refractivity (Wildman–Crippen MR) is 57.5 cm³/mol. The van der Waals surface area contributed by atoms with E-state index in [1.165, 1.54) is 6.07 Å². The van der Waals surface area contributed by atoms with Crippen molar-refractivity contribution >= 4 is 37.8 Å². The summed E-state index contributed by atoms with van der Waals surface area (Å²) in [5, 5.41) is 2.21. The van der Waals surface area contributed by atoms with Crippen molar-refractivity contribution in [3.63, 3.8) is 0 Å². The number of carbonyl (C=O) groups is 1. The van der Waals surface area contributed by atoms with Gasteiger partial charge in [-0.2, -0.15) is 0 Å². The summed E-state index contributed by atoms with van der Waals surface area (Å²) >= 11 is -0.282. The van der Waals surface area contributed by atoms with Gasteiger partial charge in [0.2, 0.25) is 0 Å². The van der Waals surface area contributed by atoms with Gasteiger partial charge in [-0.05, 0) is 0 Å². The summed E-state index contributed by atoms with van der Waals surface area (Å²) in [6, 6.07) is 4.85. The molecule has 0 atom stereocenters. The van der Waals surface area contributed by atoms with E-state index in [-0.39, 0.29) is 15.0 Å². The first-order valence-electron chi connectivity index (χ1n) is 4.67. The van der Waals surface area contributed by atoms with Crippen molar-refractivity contribution < 1.29 is 22.7 Å². The molecule has 0 bridgehead atoms. The molecule has 0 fully saturated rings. The molecule has 2 rings (SSSR count). The van der Waals surface area contributed by atoms with Gasteiger partial charge < -0.3 is 0 Å². The SMILES string of the molecule is O=C(Nc1cccc2n[se]nc12)OCC(F)(F)F. The number of nitrogens with zero attached hydrogens (tertiary/aromatic N) is 2. The molecule has 0 aliphatic heterocycles. The van der Waals surface area contributed by atoms with Gasteiger partial charge in [0.25, 0.3) is 0 Å². The van der Waals surface area contributed by atoms with Crippen LogP contribution < -0.4 is 5.32 Å². The molecule has 0 spiro atoms. The number of fused-ring (bicyclic) bond motifs is 1. The number of carbonyl (C=O) groups excluding carboxylic acids is 1. The standard InChI is InChI=1S/C9H6F3N3O2Se/c10-9(11,12)4-17-8(16)13-5-2-1-3-6-7(5)15-18-14-6/h1-3H,4H2,(H,13,16). The van der Waals surface area contributed by atoms with Crippen molar-refractivity contribution in [3.05, 3.63) is 18.2 Å². The first-order chi connectivity index (χ1) is 8.46. The Hall–Kier alpha value is -1.60. The van der Waals surface area contributed by atoms with E-state index in [0.29, 0.717) is 16.7 Å². The van der Waals surface area contributed by atoms with Crippen LogP contribution in [-0.2, 0) is 4.74 Å². The van der Waals surface area contributed by atoms with Crippen LogP contribution in [0.2, 0.25) is 0 Å². The van der Waals surface area contributed by atoms with Gasteiger partial charge in [-0.15, -0.1) is 0 Å². The zero-order valence-corrected chi connectivity index (χ0v) is 10.4. The van der Waals surface area contributed by atoms with E-state index in [9.17, 15) is 18.0 Å². The Bertz CT molecular complexity index is 569. The van der Waals surface area contributed by atoms with E-state index in [1.54, 1.807) is 12.1 Å². The number of rotatable bonds is 2. The van der Waals surface area contributed by atoms with Gasteiger partial charge >= 0.3 is 105 Å². The molecule has 18 heavy (non-hydrogen) atoms. The molecule has 1 aromatic carbocycles. The first-order valence-corrected chi connectivity index (χ1v) is 6.21. The summed E-state index contributed by atoms with van der Waals surface area (Å²) < 4.78 is 47.7. The third-order valence-electron chi connectivity index (χ3n) is 1.89. The third-order valence-corrected chi connectivity index (χ3v) is 3.03. The Kier molecular flexibility index (Phi) is 3.53. The van der Waals surface area contributed by atoms with Crippen molar-refractivity contribution in [1.82, 2.24) is 7.96 Å². The topological polar surface area (TPSA) is 64.1 Å². The quantitative estimate of drug-likeness (QED) is 0.856. The van der Waals surface area contributed by atoms with Crippen molar-refractivity contribution in [2.24, 2.45) is 0 Å². The Morgan fingerprint density at radius 2 is 2.17 bits per heavy atom. The zero-order chi connectivity index (χ0) is 13.2. The van der Waals surface area contributed by atoms with Crippen LogP contribution in [0.1, 0.15) is 0 Å². The van der Waals surface area contributed by atoms with Gasteiger partial charge in [-0.25, -0.2) is 0 Å². The molecule has 96 valence electrons. The Morgan fingerprint density at radius 1 is 1.39 bits per heavy atom. The number of benzene rings is 1. The summed E-state index contributed by atoms with van der Waals surface area (Å²) in [5.74, 6) is 0. The molecule has 0 saturated heterocycles. The average molecular weight is 324 g/mol. The van der Waals surface area contributed by atoms with Crippen LogP contribution in [-0.4, -0.2) is 41.8 Å². The second-order valence-electron chi connectivity index (χ2n) is 3.25. The summed E-state index contributed by atoms with van der Waals surface area (Å²) in [6.45, 7) is -1.63. The van der Waals surface area contributed by atoms with Crippen molar-refractivity contribution in [2.75, 3.05) is 11.9 Å². The van der Waals surface area contributed by atoms with E-state index in [4.69, 9.17) is 0 Å². The number of nitrogens with one attached hydrogen (secondary N) is 1. The molecular weight excluding hydrogens is 318 g/mol. The number of halogens is 3. The van der Waals surface area contributed by atoms with Gasteiger partial charge in [-0.3, -0.25) is 0 Å². The predicted octanol–water partition coefficient (Wildman–Crippen LogP) is 1.80. The van der Waals surface area contributed by atoms with E-state index in [2.05, 4.69) is 18.0 Å². The summed E-state index contributed by atoms with van der Waals surface area (Å²) in [5.41, 5.74) is 1.38. The summed E-state index contributed by atoms with van der Waals surface area (Å²) in [4.78, 5) is 11.2. The Labute approximate surface area is 105 Å². The minimum absolute atomic E-state index is 0.282. The second kappa shape index (κ2) is 4.95. The Morgan fingerprint density at radius 3 is 2.89 bits per heavy atom. The van der Waals surface area contributed by atoms with Gasteiger partial charge in [0, 0.05) is 0 Å². The molecule has 1 heterocycles. The maximum absolute atomic E-state index is 11.8. The molecule has 0 unspecified atom stereocenters. The molecule has 0 radical (unpaired) electrons. The second-order valence-corrected chi connectivity index (χ2v) is 4.36. The number of alkyl halides is 3. The molecule has 5 nitrogen and oxygen atoms in total. The van der Waals surface area contributed by atoms with Crippen LogP contribution in [0.15, 0.2) is 18.2 Å². The minimum atomic E-state index is -4.54. The van der Waals surface area contributed by atoms with Crippen molar-refractivity contribution in [3.8, 4) is 0 Å². The van der Waals surface area contributed by atoms with Crippen LogP contribution in [0, 0.1) is 0 Å². The molecule has 2 aromatic rings. The fourth-order valence-corrected chi connectivity index (χ4v) is 2.35. The van der Waals surface area contributed by atoms with Gasteiger partial charge in [0.15, 0.2) is 0 Å². The number of hydrogen-bond donors (Lipinski definition) is 1. The molecule has 1 aromatic heterocycles. The Balaban J connectivity index is 2.05. The number of hydrogen-bond acceptors (Lipinski definition) is 4. The van der Waals surface area contributed by atoms with E-state index < -0.39 is 18.9 Å².